The molecule has 0 bridgehead atoms. The topological polar surface area (TPSA) is 96.7 Å². The maximum Gasteiger partial charge on any atom is 0.371 e. The van der Waals surface area contributed by atoms with Crippen LogP contribution in [-0.2, 0) is 6.42 Å². The number of oxazole rings is 1. The first kappa shape index (κ1) is 10.1. The number of hydrogen-bond acceptors (Lipinski definition) is 5. The standard InChI is InChI=1S/C11H9NO5/c1-4-12-6-3-7(13)5-2-8(11(14)15)17-9(5)10(6)16-4/h2,7,13H,3H2,1H3,(H,14,15). The number of carboxylic acids is 1. The van der Waals surface area contributed by atoms with Crippen LogP contribution in [-0.4, -0.2) is 21.2 Å². The van der Waals surface area contributed by atoms with Crippen molar-refractivity contribution in [3.8, 4) is 11.5 Å². The number of aromatic nitrogens is 1. The van der Waals surface area contributed by atoms with Gasteiger partial charge in [-0.1, -0.05) is 0 Å². The first-order valence-electron chi connectivity index (χ1n) is 5.08. The highest BCUT2D eigenvalue weighted by Crippen LogP contribution is 2.40. The normalized spacial score (nSPS) is 17.6. The second-order valence-electron chi connectivity index (χ2n) is 3.93. The number of aliphatic hydroxyl groups excluding tert-OH is 1. The van der Waals surface area contributed by atoms with Crippen LogP contribution in [0.4, 0.5) is 0 Å². The van der Waals surface area contributed by atoms with E-state index in [0.717, 1.165) is 0 Å². The predicted octanol–water partition coefficient (Wildman–Crippen LogP) is 1.53. The van der Waals surface area contributed by atoms with E-state index in [-0.39, 0.29) is 11.5 Å². The van der Waals surface area contributed by atoms with Gasteiger partial charge in [0.1, 0.15) is 0 Å². The molecule has 0 aromatic carbocycles. The van der Waals surface area contributed by atoms with Gasteiger partial charge in [0.05, 0.1) is 11.8 Å². The summed E-state index contributed by atoms with van der Waals surface area (Å²) in [7, 11) is 0. The van der Waals surface area contributed by atoms with Crippen LogP contribution >= 0.6 is 0 Å². The smallest absolute Gasteiger partial charge is 0.371 e. The fourth-order valence-electron chi connectivity index (χ4n) is 2.01. The van der Waals surface area contributed by atoms with Crippen LogP contribution in [0.3, 0.4) is 0 Å². The lowest BCUT2D eigenvalue weighted by atomic mass is 9.97. The molecule has 17 heavy (non-hydrogen) atoms. The first-order valence-corrected chi connectivity index (χ1v) is 5.08. The number of aliphatic hydroxyl groups is 1. The highest BCUT2D eigenvalue weighted by Gasteiger charge is 2.32. The number of carbonyl (C=O) groups is 1. The number of furan rings is 1. The van der Waals surface area contributed by atoms with Crippen LogP contribution in [0.25, 0.3) is 11.5 Å². The summed E-state index contributed by atoms with van der Waals surface area (Å²) in [4.78, 5) is 14.9. The maximum absolute atomic E-state index is 10.8. The Balaban J connectivity index is 2.23. The molecule has 1 aliphatic carbocycles. The third-order valence-corrected chi connectivity index (χ3v) is 2.73. The molecule has 0 radical (unpaired) electrons. The maximum atomic E-state index is 10.8. The summed E-state index contributed by atoms with van der Waals surface area (Å²) in [5, 5.41) is 18.7. The Kier molecular flexibility index (Phi) is 1.90. The van der Waals surface area contributed by atoms with Crippen molar-refractivity contribution in [2.45, 2.75) is 19.4 Å². The first-order chi connectivity index (χ1) is 8.06. The monoisotopic (exact) mass is 235 g/mol. The largest absolute Gasteiger partial charge is 0.475 e. The number of rotatable bonds is 1. The van der Waals surface area contributed by atoms with Gasteiger partial charge in [-0.2, -0.15) is 0 Å². The number of aryl methyl sites for hydroxylation is 1. The molecule has 1 aliphatic rings. The fourth-order valence-corrected chi connectivity index (χ4v) is 2.01. The third kappa shape index (κ3) is 1.38. The molecule has 2 heterocycles. The van der Waals surface area contributed by atoms with Gasteiger partial charge in [0.15, 0.2) is 17.4 Å². The third-order valence-electron chi connectivity index (χ3n) is 2.73. The van der Waals surface area contributed by atoms with E-state index in [1.807, 2.05) is 0 Å². The molecule has 2 N–H and O–H groups in total. The Morgan fingerprint density at radius 3 is 2.94 bits per heavy atom. The van der Waals surface area contributed by atoms with Crippen molar-refractivity contribution in [1.29, 1.82) is 0 Å². The van der Waals surface area contributed by atoms with Gasteiger partial charge in [0.2, 0.25) is 5.76 Å². The summed E-state index contributed by atoms with van der Waals surface area (Å²) in [6, 6.07) is 1.32. The van der Waals surface area contributed by atoms with Crippen molar-refractivity contribution >= 4 is 5.97 Å². The molecule has 0 aliphatic heterocycles. The highest BCUT2D eigenvalue weighted by atomic mass is 16.4. The molecular weight excluding hydrogens is 226 g/mol. The van der Waals surface area contributed by atoms with Crippen LogP contribution in [0.2, 0.25) is 0 Å². The summed E-state index contributed by atoms with van der Waals surface area (Å²) in [5.41, 5.74) is 1.03. The molecule has 6 nitrogen and oxygen atoms in total. The van der Waals surface area contributed by atoms with E-state index >= 15 is 0 Å². The second kappa shape index (κ2) is 3.21. The Morgan fingerprint density at radius 2 is 2.24 bits per heavy atom. The molecule has 0 amide bonds. The minimum absolute atomic E-state index is 0.212. The second-order valence-corrected chi connectivity index (χ2v) is 3.93. The van der Waals surface area contributed by atoms with Crippen LogP contribution in [0.1, 0.15) is 33.8 Å². The SMILES string of the molecule is Cc1nc2c(o1)-c1oc(C(=O)O)cc1C(O)C2. The van der Waals surface area contributed by atoms with Crippen LogP contribution < -0.4 is 0 Å². The van der Waals surface area contributed by atoms with E-state index in [2.05, 4.69) is 4.98 Å². The predicted molar refractivity (Wildman–Crippen MR) is 54.6 cm³/mol. The molecule has 2 aromatic heterocycles. The lowest BCUT2D eigenvalue weighted by Crippen LogP contribution is -2.08. The lowest BCUT2D eigenvalue weighted by molar-refractivity contribution is 0.0663. The molecule has 2 aromatic rings. The zero-order chi connectivity index (χ0) is 12.2. The van der Waals surface area contributed by atoms with Crippen LogP contribution in [0, 0.1) is 6.92 Å². The average molecular weight is 235 g/mol. The minimum atomic E-state index is -1.18. The Labute approximate surface area is 95.5 Å². The minimum Gasteiger partial charge on any atom is -0.475 e. The number of carboxylic acid groups (broad SMARTS) is 1. The van der Waals surface area contributed by atoms with Crippen LogP contribution in [0.15, 0.2) is 14.9 Å². The number of aromatic carboxylic acids is 1. The number of hydrogen-bond donors (Lipinski definition) is 2. The van der Waals surface area contributed by atoms with Crippen molar-refractivity contribution in [2.75, 3.05) is 0 Å². The van der Waals surface area contributed by atoms with Crippen molar-refractivity contribution in [2.24, 2.45) is 0 Å². The molecule has 1 unspecified atom stereocenters. The van der Waals surface area contributed by atoms with Gasteiger partial charge in [0.25, 0.3) is 0 Å². The Hall–Kier alpha value is -2.08. The quantitative estimate of drug-likeness (QED) is 0.777. The average Bonchev–Trinajstić information content (AvgIpc) is 2.80. The van der Waals surface area contributed by atoms with E-state index in [9.17, 15) is 9.90 Å². The van der Waals surface area contributed by atoms with Crippen molar-refractivity contribution < 1.29 is 23.8 Å². The van der Waals surface area contributed by atoms with Crippen molar-refractivity contribution in [3.63, 3.8) is 0 Å². The van der Waals surface area contributed by atoms with Crippen molar-refractivity contribution in [3.05, 3.63) is 29.0 Å². The molecule has 0 fully saturated rings. The molecule has 6 heteroatoms. The molecule has 3 rings (SSSR count). The number of fused-ring (bicyclic) bond motifs is 3. The summed E-state index contributed by atoms with van der Waals surface area (Å²) in [5.74, 6) is -0.254. The summed E-state index contributed by atoms with van der Waals surface area (Å²) >= 11 is 0. The van der Waals surface area contributed by atoms with Gasteiger partial charge in [-0.25, -0.2) is 9.78 Å². The van der Waals surface area contributed by atoms with Gasteiger partial charge in [0, 0.05) is 18.9 Å². The molecule has 88 valence electrons. The zero-order valence-corrected chi connectivity index (χ0v) is 8.93. The zero-order valence-electron chi connectivity index (χ0n) is 8.93. The van der Waals surface area contributed by atoms with Crippen molar-refractivity contribution in [1.82, 2.24) is 4.98 Å². The van der Waals surface area contributed by atoms with E-state index in [0.29, 0.717) is 29.3 Å². The summed E-state index contributed by atoms with van der Waals surface area (Å²) < 4.78 is 10.5. The van der Waals surface area contributed by atoms with Gasteiger partial charge >= 0.3 is 5.97 Å². The molecular formula is C11H9NO5. The van der Waals surface area contributed by atoms with Gasteiger partial charge in [-0.3, -0.25) is 0 Å². The Morgan fingerprint density at radius 1 is 1.47 bits per heavy atom. The summed E-state index contributed by atoms with van der Waals surface area (Å²) in [6.07, 6.45) is -0.503. The van der Waals surface area contributed by atoms with E-state index in [1.165, 1.54) is 6.07 Å². The Bertz CT molecular complexity index is 609. The molecule has 0 spiro atoms. The number of nitrogens with zero attached hydrogens (tertiary/aromatic N) is 1. The summed E-state index contributed by atoms with van der Waals surface area (Å²) in [6.45, 7) is 1.69. The molecule has 1 atom stereocenters. The van der Waals surface area contributed by atoms with E-state index < -0.39 is 12.1 Å². The molecule has 0 saturated carbocycles. The van der Waals surface area contributed by atoms with Crippen LogP contribution in [0.5, 0.6) is 0 Å². The lowest BCUT2D eigenvalue weighted by Gasteiger charge is -2.13. The van der Waals surface area contributed by atoms with Gasteiger partial charge in [-0.05, 0) is 6.07 Å². The fraction of sp³-hybridized carbons (Fsp3) is 0.273. The van der Waals surface area contributed by atoms with E-state index in [1.54, 1.807) is 6.92 Å². The van der Waals surface area contributed by atoms with Gasteiger partial charge < -0.3 is 19.0 Å². The molecule has 0 saturated heterocycles. The van der Waals surface area contributed by atoms with E-state index in [4.69, 9.17) is 13.9 Å². The van der Waals surface area contributed by atoms with Gasteiger partial charge in [-0.15, -0.1) is 0 Å². The highest BCUT2D eigenvalue weighted by molar-refractivity contribution is 5.86.